The van der Waals surface area contributed by atoms with Crippen LogP contribution >= 0.6 is 11.3 Å². The summed E-state index contributed by atoms with van der Waals surface area (Å²) >= 11 is 1.29. The van der Waals surface area contributed by atoms with Crippen LogP contribution in [0, 0.1) is 0 Å². The number of nitrogens with zero attached hydrogens (tertiary/aromatic N) is 3. The van der Waals surface area contributed by atoms with E-state index in [0.29, 0.717) is 24.6 Å². The summed E-state index contributed by atoms with van der Waals surface area (Å²) in [5.41, 5.74) is 1.36. The fourth-order valence-electron chi connectivity index (χ4n) is 2.83. The van der Waals surface area contributed by atoms with E-state index in [-0.39, 0.29) is 10.5 Å². The molecule has 29 heavy (non-hydrogen) atoms. The van der Waals surface area contributed by atoms with Crippen molar-refractivity contribution in [2.45, 2.75) is 25.2 Å². The van der Waals surface area contributed by atoms with E-state index in [2.05, 4.69) is 15.5 Å². The molecule has 0 saturated heterocycles. The van der Waals surface area contributed by atoms with E-state index in [9.17, 15) is 13.2 Å². The fourth-order valence-corrected chi connectivity index (χ4v) is 5.10. The number of sulfonamides is 1. The van der Waals surface area contributed by atoms with Crippen molar-refractivity contribution in [2.75, 3.05) is 18.4 Å². The Kier molecular flexibility index (Phi) is 6.73. The molecule has 0 spiro atoms. The minimum atomic E-state index is -3.63. The highest BCUT2D eigenvalue weighted by molar-refractivity contribution is 7.89. The molecule has 0 radical (unpaired) electrons. The van der Waals surface area contributed by atoms with E-state index in [4.69, 9.17) is 0 Å². The van der Waals surface area contributed by atoms with Gasteiger partial charge in [-0.1, -0.05) is 61.6 Å². The van der Waals surface area contributed by atoms with Gasteiger partial charge >= 0.3 is 0 Å². The van der Waals surface area contributed by atoms with Crippen molar-refractivity contribution in [3.8, 4) is 0 Å². The number of nitrogens with one attached hydrogen (secondary N) is 1. The zero-order chi connectivity index (χ0) is 20.9. The number of benzene rings is 2. The molecule has 7 nitrogen and oxygen atoms in total. The zero-order valence-electron chi connectivity index (χ0n) is 16.2. The Morgan fingerprint density at radius 2 is 1.76 bits per heavy atom. The molecule has 152 valence electrons. The Balaban J connectivity index is 1.73. The molecule has 0 fully saturated rings. The van der Waals surface area contributed by atoms with Crippen molar-refractivity contribution in [1.82, 2.24) is 14.5 Å². The van der Waals surface area contributed by atoms with Gasteiger partial charge in [-0.3, -0.25) is 10.1 Å². The second-order valence-corrected chi connectivity index (χ2v) is 9.23. The Morgan fingerprint density at radius 1 is 1.03 bits per heavy atom. The lowest BCUT2D eigenvalue weighted by atomic mass is 10.2. The number of aromatic nitrogens is 2. The van der Waals surface area contributed by atoms with Gasteiger partial charge in [0, 0.05) is 25.1 Å². The van der Waals surface area contributed by atoms with Gasteiger partial charge in [0.15, 0.2) is 0 Å². The molecular formula is C20H22N4O3S2. The molecule has 0 aliphatic heterocycles. The van der Waals surface area contributed by atoms with Gasteiger partial charge in [0.2, 0.25) is 15.2 Å². The summed E-state index contributed by atoms with van der Waals surface area (Å²) in [4.78, 5) is 12.7. The van der Waals surface area contributed by atoms with Crippen LogP contribution in [-0.2, 0) is 16.4 Å². The number of carbonyl (C=O) groups is 1. The van der Waals surface area contributed by atoms with Gasteiger partial charge in [0.25, 0.3) is 5.91 Å². The van der Waals surface area contributed by atoms with Gasteiger partial charge in [-0.25, -0.2) is 8.42 Å². The Labute approximate surface area is 174 Å². The SMILES string of the molecule is CCN(CC)S(=O)(=O)c1cccc(C(=O)Nc2nnc(Cc3ccccc3)s2)c1. The van der Waals surface area contributed by atoms with Crippen molar-refractivity contribution in [3.05, 3.63) is 70.7 Å². The molecule has 2 aromatic carbocycles. The van der Waals surface area contributed by atoms with Crippen molar-refractivity contribution in [2.24, 2.45) is 0 Å². The molecule has 0 bridgehead atoms. The van der Waals surface area contributed by atoms with Crippen LogP contribution in [0.2, 0.25) is 0 Å². The van der Waals surface area contributed by atoms with E-state index < -0.39 is 15.9 Å². The molecule has 0 atom stereocenters. The molecular weight excluding hydrogens is 408 g/mol. The van der Waals surface area contributed by atoms with Crippen LogP contribution < -0.4 is 5.32 Å². The number of hydrogen-bond acceptors (Lipinski definition) is 6. The summed E-state index contributed by atoms with van der Waals surface area (Å²) in [5.74, 6) is -0.427. The lowest BCUT2D eigenvalue weighted by Crippen LogP contribution is -2.30. The van der Waals surface area contributed by atoms with Crippen LogP contribution in [0.1, 0.15) is 34.8 Å². The molecule has 3 rings (SSSR count). The fraction of sp³-hybridized carbons (Fsp3) is 0.250. The van der Waals surface area contributed by atoms with Gasteiger partial charge in [-0.2, -0.15) is 4.31 Å². The molecule has 1 N–H and O–H groups in total. The van der Waals surface area contributed by atoms with Crippen LogP contribution in [0.4, 0.5) is 5.13 Å². The van der Waals surface area contributed by atoms with Crippen molar-refractivity contribution >= 4 is 32.4 Å². The van der Waals surface area contributed by atoms with E-state index in [1.165, 1.54) is 27.8 Å². The molecule has 1 aromatic heterocycles. The summed E-state index contributed by atoms with van der Waals surface area (Å²) in [5, 5.41) is 12.0. The van der Waals surface area contributed by atoms with Crippen molar-refractivity contribution in [1.29, 1.82) is 0 Å². The molecule has 0 saturated carbocycles. The highest BCUT2D eigenvalue weighted by Gasteiger charge is 2.22. The normalized spacial score (nSPS) is 11.6. The Morgan fingerprint density at radius 3 is 2.45 bits per heavy atom. The van der Waals surface area contributed by atoms with E-state index in [1.807, 2.05) is 30.3 Å². The first kappa shape index (κ1) is 21.1. The molecule has 0 unspecified atom stereocenters. The third kappa shape index (κ3) is 5.06. The smallest absolute Gasteiger partial charge is 0.257 e. The van der Waals surface area contributed by atoms with E-state index >= 15 is 0 Å². The van der Waals surface area contributed by atoms with Crippen LogP contribution in [0.25, 0.3) is 0 Å². The maximum atomic E-state index is 12.7. The zero-order valence-corrected chi connectivity index (χ0v) is 17.8. The van der Waals surface area contributed by atoms with Crippen molar-refractivity contribution in [3.63, 3.8) is 0 Å². The van der Waals surface area contributed by atoms with Crippen molar-refractivity contribution < 1.29 is 13.2 Å². The second-order valence-electron chi connectivity index (χ2n) is 6.23. The first-order valence-electron chi connectivity index (χ1n) is 9.22. The molecule has 0 aliphatic carbocycles. The second kappa shape index (κ2) is 9.25. The lowest BCUT2D eigenvalue weighted by molar-refractivity contribution is 0.102. The third-order valence-corrected chi connectivity index (χ3v) is 7.21. The van der Waals surface area contributed by atoms with Crippen LogP contribution in [0.5, 0.6) is 0 Å². The Hall–Kier alpha value is -2.62. The highest BCUT2D eigenvalue weighted by atomic mass is 32.2. The maximum absolute atomic E-state index is 12.7. The summed E-state index contributed by atoms with van der Waals surface area (Å²) in [6.07, 6.45) is 0.631. The van der Waals surface area contributed by atoms with Crippen LogP contribution in [-0.4, -0.2) is 41.9 Å². The number of amides is 1. The predicted octanol–water partition coefficient (Wildman–Crippen LogP) is 3.41. The third-order valence-electron chi connectivity index (χ3n) is 4.32. The first-order valence-corrected chi connectivity index (χ1v) is 11.5. The molecule has 1 amide bonds. The topological polar surface area (TPSA) is 92.3 Å². The van der Waals surface area contributed by atoms with Gasteiger partial charge in [-0.05, 0) is 23.8 Å². The van der Waals surface area contributed by atoms with Gasteiger partial charge in [0.1, 0.15) is 5.01 Å². The average Bonchev–Trinajstić information content (AvgIpc) is 3.16. The van der Waals surface area contributed by atoms with E-state index in [0.717, 1.165) is 10.6 Å². The monoisotopic (exact) mass is 430 g/mol. The average molecular weight is 431 g/mol. The summed E-state index contributed by atoms with van der Waals surface area (Å²) < 4.78 is 26.7. The van der Waals surface area contributed by atoms with Gasteiger partial charge in [-0.15, -0.1) is 10.2 Å². The number of anilines is 1. The largest absolute Gasteiger partial charge is 0.296 e. The Bertz CT molecular complexity index is 1080. The quantitative estimate of drug-likeness (QED) is 0.591. The lowest BCUT2D eigenvalue weighted by Gasteiger charge is -2.18. The number of hydrogen-bond donors (Lipinski definition) is 1. The maximum Gasteiger partial charge on any atom is 0.257 e. The predicted molar refractivity (Wildman–Crippen MR) is 114 cm³/mol. The van der Waals surface area contributed by atoms with Crippen LogP contribution in [0.15, 0.2) is 59.5 Å². The summed E-state index contributed by atoms with van der Waals surface area (Å²) in [6.45, 7) is 4.29. The van der Waals surface area contributed by atoms with Crippen LogP contribution in [0.3, 0.4) is 0 Å². The minimum Gasteiger partial charge on any atom is -0.296 e. The first-order chi connectivity index (χ1) is 13.9. The number of rotatable bonds is 8. The summed E-state index contributed by atoms with van der Waals surface area (Å²) in [6, 6.07) is 15.9. The standard InChI is InChI=1S/C20H22N4O3S2/c1-3-24(4-2)29(26,27)17-12-8-11-16(14-17)19(25)21-20-23-22-18(28-20)13-15-9-6-5-7-10-15/h5-12,14H,3-4,13H2,1-2H3,(H,21,23,25). The highest BCUT2D eigenvalue weighted by Crippen LogP contribution is 2.21. The molecule has 0 aliphatic rings. The minimum absolute atomic E-state index is 0.0934. The molecule has 9 heteroatoms. The van der Waals surface area contributed by atoms with Gasteiger partial charge < -0.3 is 0 Å². The number of carbonyl (C=O) groups excluding carboxylic acids is 1. The summed E-state index contributed by atoms with van der Waals surface area (Å²) in [7, 11) is -3.63. The molecule has 3 aromatic rings. The molecule has 1 heterocycles. The van der Waals surface area contributed by atoms with Gasteiger partial charge in [0.05, 0.1) is 4.90 Å². The van der Waals surface area contributed by atoms with E-state index in [1.54, 1.807) is 26.0 Å².